The Morgan fingerprint density at radius 1 is 1.15 bits per heavy atom. The first-order chi connectivity index (χ1) is 9.81. The molecule has 2 aromatic rings. The predicted octanol–water partition coefficient (Wildman–Crippen LogP) is 3.06. The highest BCUT2D eigenvalue weighted by molar-refractivity contribution is 7.12. The fourth-order valence-electron chi connectivity index (χ4n) is 2.96. The number of ether oxygens (including phenoxy) is 2. The summed E-state index contributed by atoms with van der Waals surface area (Å²) in [5.74, 6) is 1.79. The molecular formula is C16H17NO2S. The van der Waals surface area contributed by atoms with Crippen LogP contribution in [0.2, 0.25) is 0 Å². The van der Waals surface area contributed by atoms with E-state index in [1.165, 1.54) is 20.9 Å². The van der Waals surface area contributed by atoms with Gasteiger partial charge in [-0.05, 0) is 48.7 Å². The van der Waals surface area contributed by atoms with Gasteiger partial charge in [0.1, 0.15) is 13.2 Å². The predicted molar refractivity (Wildman–Crippen MR) is 80.0 cm³/mol. The zero-order valence-corrected chi connectivity index (χ0v) is 12.3. The summed E-state index contributed by atoms with van der Waals surface area (Å²) in [7, 11) is 0. The Labute approximate surface area is 122 Å². The van der Waals surface area contributed by atoms with Crippen LogP contribution < -0.4 is 14.8 Å². The molecule has 104 valence electrons. The standard InChI is InChI=1S/C16H17NO2S/c1-10-2-3-15(20-10)16-12-9-14-13(18-6-7-19-14)8-11(12)4-5-17-16/h2-3,8-9,16-17H,4-7H2,1H3. The monoisotopic (exact) mass is 287 g/mol. The first-order valence-electron chi connectivity index (χ1n) is 7.03. The summed E-state index contributed by atoms with van der Waals surface area (Å²) >= 11 is 1.86. The number of hydrogen-bond acceptors (Lipinski definition) is 4. The number of aryl methyl sites for hydroxylation is 1. The van der Waals surface area contributed by atoms with E-state index < -0.39 is 0 Å². The molecule has 0 fully saturated rings. The molecule has 1 aromatic carbocycles. The molecule has 1 unspecified atom stereocenters. The van der Waals surface area contributed by atoms with Crippen molar-refractivity contribution in [1.29, 1.82) is 0 Å². The van der Waals surface area contributed by atoms with Gasteiger partial charge in [0.25, 0.3) is 0 Å². The molecule has 4 rings (SSSR count). The summed E-state index contributed by atoms with van der Waals surface area (Å²) in [6, 6.07) is 9.03. The minimum atomic E-state index is 0.285. The minimum Gasteiger partial charge on any atom is -0.486 e. The third-order valence-electron chi connectivity index (χ3n) is 3.90. The largest absolute Gasteiger partial charge is 0.486 e. The van der Waals surface area contributed by atoms with E-state index in [1.54, 1.807) is 0 Å². The Balaban J connectivity index is 1.80. The van der Waals surface area contributed by atoms with Crippen molar-refractivity contribution in [2.75, 3.05) is 19.8 Å². The van der Waals surface area contributed by atoms with E-state index in [0.29, 0.717) is 13.2 Å². The van der Waals surface area contributed by atoms with E-state index in [2.05, 4.69) is 36.5 Å². The van der Waals surface area contributed by atoms with Crippen molar-refractivity contribution in [1.82, 2.24) is 5.32 Å². The number of hydrogen-bond donors (Lipinski definition) is 1. The molecule has 0 spiro atoms. The van der Waals surface area contributed by atoms with Gasteiger partial charge in [-0.1, -0.05) is 0 Å². The van der Waals surface area contributed by atoms with Crippen LogP contribution in [0.3, 0.4) is 0 Å². The number of fused-ring (bicyclic) bond motifs is 2. The Kier molecular flexibility index (Phi) is 2.93. The molecule has 3 heterocycles. The second-order valence-electron chi connectivity index (χ2n) is 5.28. The number of nitrogens with one attached hydrogen (secondary N) is 1. The first-order valence-corrected chi connectivity index (χ1v) is 7.85. The quantitative estimate of drug-likeness (QED) is 0.874. The molecule has 20 heavy (non-hydrogen) atoms. The van der Waals surface area contributed by atoms with Gasteiger partial charge in [0, 0.05) is 16.3 Å². The van der Waals surface area contributed by atoms with Crippen LogP contribution in [0.25, 0.3) is 0 Å². The fourth-order valence-corrected chi connectivity index (χ4v) is 3.93. The van der Waals surface area contributed by atoms with Crippen LogP contribution in [0.5, 0.6) is 11.5 Å². The van der Waals surface area contributed by atoms with Gasteiger partial charge in [0.15, 0.2) is 11.5 Å². The molecule has 0 bridgehead atoms. The highest BCUT2D eigenvalue weighted by atomic mass is 32.1. The van der Waals surface area contributed by atoms with E-state index in [1.807, 2.05) is 11.3 Å². The van der Waals surface area contributed by atoms with E-state index in [4.69, 9.17) is 9.47 Å². The summed E-state index contributed by atoms with van der Waals surface area (Å²) in [4.78, 5) is 2.73. The maximum absolute atomic E-state index is 5.73. The van der Waals surface area contributed by atoms with Crippen LogP contribution in [0.4, 0.5) is 0 Å². The van der Waals surface area contributed by atoms with Crippen molar-refractivity contribution in [3.63, 3.8) is 0 Å². The van der Waals surface area contributed by atoms with Crippen molar-refractivity contribution in [3.05, 3.63) is 45.1 Å². The Bertz CT molecular complexity index is 650. The molecule has 2 aliphatic heterocycles. The molecule has 2 aliphatic rings. The zero-order valence-electron chi connectivity index (χ0n) is 11.4. The average Bonchev–Trinajstić information content (AvgIpc) is 2.91. The Morgan fingerprint density at radius 3 is 2.70 bits per heavy atom. The Morgan fingerprint density at radius 2 is 1.95 bits per heavy atom. The molecule has 3 nitrogen and oxygen atoms in total. The van der Waals surface area contributed by atoms with Crippen molar-refractivity contribution in [3.8, 4) is 11.5 Å². The van der Waals surface area contributed by atoms with E-state index in [0.717, 1.165) is 24.5 Å². The molecule has 0 radical (unpaired) electrons. The van der Waals surface area contributed by atoms with Gasteiger partial charge < -0.3 is 14.8 Å². The topological polar surface area (TPSA) is 30.5 Å². The molecular weight excluding hydrogens is 270 g/mol. The third-order valence-corrected chi connectivity index (χ3v) is 4.97. The first kappa shape index (κ1) is 12.2. The lowest BCUT2D eigenvalue weighted by Crippen LogP contribution is -2.30. The molecule has 0 aliphatic carbocycles. The molecule has 0 amide bonds. The van der Waals surface area contributed by atoms with Crippen molar-refractivity contribution in [2.45, 2.75) is 19.4 Å². The molecule has 1 N–H and O–H groups in total. The van der Waals surface area contributed by atoms with Gasteiger partial charge in [0.05, 0.1) is 6.04 Å². The summed E-state index contributed by atoms with van der Waals surface area (Å²) in [5.41, 5.74) is 2.71. The van der Waals surface area contributed by atoms with Crippen LogP contribution in [0.15, 0.2) is 24.3 Å². The van der Waals surface area contributed by atoms with E-state index >= 15 is 0 Å². The van der Waals surface area contributed by atoms with Gasteiger partial charge >= 0.3 is 0 Å². The molecule has 0 saturated heterocycles. The highest BCUT2D eigenvalue weighted by Gasteiger charge is 2.25. The Hall–Kier alpha value is -1.52. The van der Waals surface area contributed by atoms with Crippen LogP contribution in [-0.4, -0.2) is 19.8 Å². The number of benzene rings is 1. The van der Waals surface area contributed by atoms with Crippen LogP contribution >= 0.6 is 11.3 Å². The average molecular weight is 287 g/mol. The lowest BCUT2D eigenvalue weighted by molar-refractivity contribution is 0.171. The summed E-state index contributed by atoms with van der Waals surface area (Å²) in [6.07, 6.45) is 1.05. The van der Waals surface area contributed by atoms with Crippen molar-refractivity contribution in [2.24, 2.45) is 0 Å². The van der Waals surface area contributed by atoms with Gasteiger partial charge in [-0.25, -0.2) is 0 Å². The van der Waals surface area contributed by atoms with Gasteiger partial charge in [-0.3, -0.25) is 0 Å². The fraction of sp³-hybridized carbons (Fsp3) is 0.375. The molecule has 4 heteroatoms. The highest BCUT2D eigenvalue weighted by Crippen LogP contribution is 2.40. The van der Waals surface area contributed by atoms with Gasteiger partial charge in [0.2, 0.25) is 0 Å². The maximum atomic E-state index is 5.73. The smallest absolute Gasteiger partial charge is 0.161 e. The SMILES string of the molecule is Cc1ccc(C2NCCc3cc4c(cc32)OCCO4)s1. The lowest BCUT2D eigenvalue weighted by Gasteiger charge is -2.29. The van der Waals surface area contributed by atoms with Crippen LogP contribution in [0, 0.1) is 6.92 Å². The van der Waals surface area contributed by atoms with Crippen molar-refractivity contribution >= 4 is 11.3 Å². The zero-order chi connectivity index (χ0) is 13.5. The van der Waals surface area contributed by atoms with Gasteiger partial charge in [-0.2, -0.15) is 0 Å². The molecule has 0 saturated carbocycles. The third kappa shape index (κ3) is 2.00. The normalized spacial score (nSPS) is 20.6. The molecule has 1 aromatic heterocycles. The number of thiophene rings is 1. The van der Waals surface area contributed by atoms with Gasteiger partial charge in [-0.15, -0.1) is 11.3 Å². The van der Waals surface area contributed by atoms with E-state index in [9.17, 15) is 0 Å². The molecule has 1 atom stereocenters. The minimum absolute atomic E-state index is 0.285. The van der Waals surface area contributed by atoms with E-state index in [-0.39, 0.29) is 6.04 Å². The van der Waals surface area contributed by atoms with Crippen LogP contribution in [-0.2, 0) is 6.42 Å². The number of rotatable bonds is 1. The van der Waals surface area contributed by atoms with Crippen LogP contribution in [0.1, 0.15) is 26.9 Å². The maximum Gasteiger partial charge on any atom is 0.161 e. The summed E-state index contributed by atoms with van der Waals surface area (Å²) in [6.45, 7) is 4.45. The second-order valence-corrected chi connectivity index (χ2v) is 6.60. The summed E-state index contributed by atoms with van der Waals surface area (Å²) in [5, 5.41) is 3.63. The second kappa shape index (κ2) is 4.79. The summed E-state index contributed by atoms with van der Waals surface area (Å²) < 4.78 is 11.4. The van der Waals surface area contributed by atoms with Crippen molar-refractivity contribution < 1.29 is 9.47 Å². The lowest BCUT2D eigenvalue weighted by atomic mass is 9.92.